The summed E-state index contributed by atoms with van der Waals surface area (Å²) in [5.74, 6) is 0.573. The molecule has 0 spiro atoms. The van der Waals surface area contributed by atoms with Crippen LogP contribution in [0.2, 0.25) is 0 Å². The van der Waals surface area contributed by atoms with Gasteiger partial charge in [-0.05, 0) is 12.3 Å². The lowest BCUT2D eigenvalue weighted by Gasteiger charge is -2.18. The minimum Gasteiger partial charge on any atom is -0.388 e. The van der Waals surface area contributed by atoms with E-state index in [0.717, 1.165) is 18.7 Å². The Morgan fingerprint density at radius 2 is 1.88 bits per heavy atom. The number of carbonyl (C=O) groups is 1. The van der Waals surface area contributed by atoms with E-state index in [9.17, 15) is 4.79 Å². The van der Waals surface area contributed by atoms with Crippen LogP contribution in [0.25, 0.3) is 0 Å². The predicted octanol–water partition coefficient (Wildman–Crippen LogP) is 3.53. The van der Waals surface area contributed by atoms with Crippen molar-refractivity contribution in [2.24, 2.45) is 11.3 Å². The minimum atomic E-state index is -0.285. The lowest BCUT2D eigenvalue weighted by Crippen LogP contribution is -2.24. The Labute approximate surface area is 101 Å². The Morgan fingerprint density at radius 3 is 2.25 bits per heavy atom. The summed E-state index contributed by atoms with van der Waals surface area (Å²) >= 11 is 0. The zero-order chi connectivity index (χ0) is 12.8. The molecule has 0 aliphatic carbocycles. The summed E-state index contributed by atoms with van der Waals surface area (Å²) in [6.07, 6.45) is 4.10. The molecule has 0 aromatic rings. The Morgan fingerprint density at radius 1 is 1.31 bits per heavy atom. The van der Waals surface area contributed by atoms with Crippen LogP contribution in [0.15, 0.2) is 11.8 Å². The van der Waals surface area contributed by atoms with Crippen molar-refractivity contribution in [1.82, 2.24) is 5.32 Å². The molecule has 0 atom stereocenters. The largest absolute Gasteiger partial charge is 0.388 e. The van der Waals surface area contributed by atoms with Crippen molar-refractivity contribution < 1.29 is 4.79 Å². The second kappa shape index (κ2) is 6.72. The summed E-state index contributed by atoms with van der Waals surface area (Å²) < 4.78 is 0. The van der Waals surface area contributed by atoms with Gasteiger partial charge in [0.1, 0.15) is 0 Å². The van der Waals surface area contributed by atoms with E-state index in [1.807, 2.05) is 20.8 Å². The zero-order valence-corrected chi connectivity index (χ0v) is 11.7. The van der Waals surface area contributed by atoms with E-state index in [1.54, 1.807) is 6.08 Å². The van der Waals surface area contributed by atoms with Crippen molar-refractivity contribution in [2.75, 3.05) is 6.54 Å². The molecule has 0 aromatic heterocycles. The molecule has 0 rings (SSSR count). The van der Waals surface area contributed by atoms with Gasteiger partial charge < -0.3 is 5.32 Å². The van der Waals surface area contributed by atoms with Gasteiger partial charge in [-0.25, -0.2) is 0 Å². The van der Waals surface area contributed by atoms with Gasteiger partial charge in [0.25, 0.3) is 0 Å². The molecular formula is C14H27NO. The van der Waals surface area contributed by atoms with E-state index in [2.05, 4.69) is 26.1 Å². The van der Waals surface area contributed by atoms with Gasteiger partial charge in [0.05, 0.1) is 0 Å². The predicted molar refractivity (Wildman–Crippen MR) is 70.3 cm³/mol. The molecule has 94 valence electrons. The van der Waals surface area contributed by atoms with Crippen LogP contribution in [0.5, 0.6) is 0 Å². The third-order valence-electron chi connectivity index (χ3n) is 2.51. The Balaban J connectivity index is 4.53. The standard InChI is InChI=1S/C14H27NO/c1-7-8-9-15-12(11(2)3)10-13(16)14(4,5)6/h10-11,15H,7-9H2,1-6H3. The van der Waals surface area contributed by atoms with E-state index in [0.29, 0.717) is 5.92 Å². The maximum atomic E-state index is 11.9. The topological polar surface area (TPSA) is 29.1 Å². The number of ketones is 1. The number of hydrogen-bond acceptors (Lipinski definition) is 2. The summed E-state index contributed by atoms with van der Waals surface area (Å²) in [5.41, 5.74) is 0.778. The summed E-state index contributed by atoms with van der Waals surface area (Å²) in [6, 6.07) is 0. The van der Waals surface area contributed by atoms with Crippen LogP contribution in [0, 0.1) is 11.3 Å². The van der Waals surface area contributed by atoms with Crippen LogP contribution < -0.4 is 5.32 Å². The molecule has 0 fully saturated rings. The summed E-state index contributed by atoms with van der Waals surface area (Å²) in [5, 5.41) is 3.36. The highest BCUT2D eigenvalue weighted by atomic mass is 16.1. The highest BCUT2D eigenvalue weighted by Crippen LogP contribution is 2.17. The number of allylic oxidation sites excluding steroid dienone is 2. The Hall–Kier alpha value is -0.790. The van der Waals surface area contributed by atoms with Gasteiger partial charge in [-0.15, -0.1) is 0 Å². The van der Waals surface area contributed by atoms with Crippen LogP contribution in [0.3, 0.4) is 0 Å². The molecule has 0 heterocycles. The Kier molecular flexibility index (Phi) is 6.39. The van der Waals surface area contributed by atoms with Crippen molar-refractivity contribution in [3.8, 4) is 0 Å². The van der Waals surface area contributed by atoms with E-state index >= 15 is 0 Å². The smallest absolute Gasteiger partial charge is 0.162 e. The quantitative estimate of drug-likeness (QED) is 0.553. The van der Waals surface area contributed by atoms with Gasteiger partial charge in [0, 0.05) is 23.7 Å². The van der Waals surface area contributed by atoms with Gasteiger partial charge in [-0.1, -0.05) is 48.0 Å². The highest BCUT2D eigenvalue weighted by Gasteiger charge is 2.20. The maximum Gasteiger partial charge on any atom is 0.162 e. The molecule has 0 unspecified atom stereocenters. The summed E-state index contributed by atoms with van der Waals surface area (Å²) in [4.78, 5) is 11.9. The average molecular weight is 225 g/mol. The fourth-order valence-electron chi connectivity index (χ4n) is 1.19. The molecule has 0 aliphatic heterocycles. The van der Waals surface area contributed by atoms with E-state index in [-0.39, 0.29) is 11.2 Å². The zero-order valence-electron chi connectivity index (χ0n) is 11.7. The first-order valence-corrected chi connectivity index (χ1v) is 6.29. The van der Waals surface area contributed by atoms with Crippen LogP contribution >= 0.6 is 0 Å². The first kappa shape index (κ1) is 15.2. The molecule has 0 amide bonds. The summed E-state index contributed by atoms with van der Waals surface area (Å²) in [6.45, 7) is 13.2. The maximum absolute atomic E-state index is 11.9. The molecule has 0 radical (unpaired) electrons. The highest BCUT2D eigenvalue weighted by molar-refractivity contribution is 5.94. The first-order chi connectivity index (χ1) is 7.29. The first-order valence-electron chi connectivity index (χ1n) is 6.29. The van der Waals surface area contributed by atoms with E-state index < -0.39 is 0 Å². The number of unbranched alkanes of at least 4 members (excludes halogenated alkanes) is 1. The second-order valence-corrected chi connectivity index (χ2v) is 5.65. The molecular weight excluding hydrogens is 198 g/mol. The lowest BCUT2D eigenvalue weighted by molar-refractivity contribution is -0.121. The van der Waals surface area contributed by atoms with E-state index in [1.165, 1.54) is 6.42 Å². The number of carbonyl (C=O) groups excluding carboxylic acids is 1. The molecule has 16 heavy (non-hydrogen) atoms. The SMILES string of the molecule is CCCCNC(=CC(=O)C(C)(C)C)C(C)C. The van der Waals surface area contributed by atoms with Crippen molar-refractivity contribution in [3.63, 3.8) is 0 Å². The van der Waals surface area contributed by atoms with E-state index in [4.69, 9.17) is 0 Å². The van der Waals surface area contributed by atoms with Crippen molar-refractivity contribution in [2.45, 2.75) is 54.4 Å². The van der Waals surface area contributed by atoms with Crippen LogP contribution in [0.4, 0.5) is 0 Å². The number of rotatable bonds is 6. The molecule has 0 aromatic carbocycles. The van der Waals surface area contributed by atoms with Gasteiger partial charge in [0.2, 0.25) is 0 Å². The summed E-state index contributed by atoms with van der Waals surface area (Å²) in [7, 11) is 0. The monoisotopic (exact) mass is 225 g/mol. The normalized spacial score (nSPS) is 13.1. The fraction of sp³-hybridized carbons (Fsp3) is 0.786. The van der Waals surface area contributed by atoms with Crippen LogP contribution in [0.1, 0.15) is 54.4 Å². The third-order valence-corrected chi connectivity index (χ3v) is 2.51. The molecule has 0 saturated carbocycles. The van der Waals surface area contributed by atoms with Crippen molar-refractivity contribution in [1.29, 1.82) is 0 Å². The van der Waals surface area contributed by atoms with Gasteiger partial charge in [-0.3, -0.25) is 4.79 Å². The van der Waals surface area contributed by atoms with Gasteiger partial charge in [-0.2, -0.15) is 0 Å². The minimum absolute atomic E-state index is 0.195. The Bertz CT molecular complexity index is 246. The molecule has 0 bridgehead atoms. The van der Waals surface area contributed by atoms with Gasteiger partial charge in [0.15, 0.2) is 5.78 Å². The molecule has 2 heteroatoms. The molecule has 1 N–H and O–H groups in total. The number of nitrogens with one attached hydrogen (secondary N) is 1. The molecule has 0 aliphatic rings. The van der Waals surface area contributed by atoms with Crippen LogP contribution in [-0.2, 0) is 4.79 Å². The third kappa shape index (κ3) is 5.94. The van der Waals surface area contributed by atoms with Gasteiger partial charge >= 0.3 is 0 Å². The van der Waals surface area contributed by atoms with Crippen molar-refractivity contribution in [3.05, 3.63) is 11.8 Å². The van der Waals surface area contributed by atoms with Crippen molar-refractivity contribution >= 4 is 5.78 Å². The average Bonchev–Trinajstić information content (AvgIpc) is 2.14. The molecule has 0 saturated heterocycles. The number of hydrogen-bond donors (Lipinski definition) is 1. The lowest BCUT2D eigenvalue weighted by atomic mass is 9.89. The van der Waals surface area contributed by atoms with Crippen LogP contribution in [-0.4, -0.2) is 12.3 Å². The second-order valence-electron chi connectivity index (χ2n) is 5.65. The fourth-order valence-corrected chi connectivity index (χ4v) is 1.19. The molecule has 2 nitrogen and oxygen atoms in total.